The summed E-state index contributed by atoms with van der Waals surface area (Å²) < 4.78 is 36.4. The van der Waals surface area contributed by atoms with Crippen LogP contribution in [0.2, 0.25) is 0 Å². The van der Waals surface area contributed by atoms with Crippen LogP contribution < -0.4 is 11.2 Å². The zero-order chi connectivity index (χ0) is 15.7. The van der Waals surface area contributed by atoms with Crippen molar-refractivity contribution >= 4 is 19.5 Å². The number of ether oxygens (including phenoxy) is 1. The largest absolute Gasteiger partial charge is 0.582 e. The molecule has 0 bridgehead atoms. The van der Waals surface area contributed by atoms with Gasteiger partial charge in [0.15, 0.2) is 18.5 Å². The predicted octanol–water partition coefficient (Wildman–Crippen LogP) is 0.125. The van der Waals surface area contributed by atoms with Crippen LogP contribution in [0.15, 0.2) is 21.9 Å². The van der Waals surface area contributed by atoms with Crippen LogP contribution >= 0.6 is 19.5 Å². The number of thiol groups is 1. The van der Waals surface area contributed by atoms with Crippen molar-refractivity contribution in [2.24, 2.45) is 0 Å². The van der Waals surface area contributed by atoms with Gasteiger partial charge in [-0.3, -0.25) is 14.3 Å². The minimum atomic E-state index is -2.42. The lowest BCUT2D eigenvalue weighted by atomic mass is 10.1. The maximum atomic E-state index is 14.4. The highest BCUT2D eigenvalue weighted by atomic mass is 32.7. The molecule has 6 atom stereocenters. The number of aliphatic hydroxyl groups excluding tert-OH is 1. The maximum absolute atomic E-state index is 14.4. The Bertz CT molecular complexity index is 649. The molecule has 8 nitrogen and oxygen atoms in total. The summed E-state index contributed by atoms with van der Waals surface area (Å²) in [4.78, 5) is 24.6. The Kier molecular flexibility index (Phi) is 4.95. The summed E-state index contributed by atoms with van der Waals surface area (Å²) in [5.41, 5.74) is -1.50. The quantitative estimate of drug-likeness (QED) is 0.531. The SMILES string of the molecule is C[C@H](O)[C@H]1O[C@@H](n2ccc(=O)[nH]c2=O)C(F)C1O[P+](=O)S. The van der Waals surface area contributed by atoms with Crippen LogP contribution in [0.4, 0.5) is 4.39 Å². The van der Waals surface area contributed by atoms with Gasteiger partial charge in [-0.1, -0.05) is 0 Å². The van der Waals surface area contributed by atoms with Crippen LogP contribution in [0.3, 0.4) is 0 Å². The molecule has 1 aromatic heterocycles. The first kappa shape index (κ1) is 16.3. The number of rotatable bonds is 4. The number of nitrogens with one attached hydrogen (secondary N) is 1. The van der Waals surface area contributed by atoms with Crippen molar-refractivity contribution in [1.82, 2.24) is 9.55 Å². The molecule has 0 radical (unpaired) electrons. The molecule has 0 saturated carbocycles. The number of aliphatic hydroxyl groups is 1. The normalized spacial score (nSPS) is 31.1. The molecule has 2 heterocycles. The van der Waals surface area contributed by atoms with Crippen molar-refractivity contribution in [3.8, 4) is 0 Å². The molecule has 1 aliphatic rings. The van der Waals surface area contributed by atoms with Gasteiger partial charge in [0.2, 0.25) is 0 Å². The average molecular weight is 339 g/mol. The highest BCUT2D eigenvalue weighted by Gasteiger charge is 2.52. The van der Waals surface area contributed by atoms with Gasteiger partial charge in [-0.2, -0.15) is 0 Å². The van der Waals surface area contributed by atoms with E-state index in [9.17, 15) is 23.7 Å². The third kappa shape index (κ3) is 3.41. The molecule has 0 amide bonds. The standard InChI is InChI=1S/C10H12FN2O6PS/c1-4(14)7-8(19-20(17)21)6(11)9(18-7)13-3-2-5(15)12-10(13)16/h2-4,6-9,14H,1H3,(H-,12,15,16,17,21)/p+1/t4-,6?,7+,8?,9+/m0/s1. The van der Waals surface area contributed by atoms with Crippen LogP contribution in [-0.2, 0) is 13.8 Å². The Morgan fingerprint density at radius 3 is 2.81 bits per heavy atom. The van der Waals surface area contributed by atoms with E-state index in [0.29, 0.717) is 0 Å². The van der Waals surface area contributed by atoms with E-state index in [1.54, 1.807) is 0 Å². The van der Waals surface area contributed by atoms with E-state index in [1.807, 2.05) is 4.98 Å². The second-order valence-corrected chi connectivity index (χ2v) is 6.17. The average Bonchev–Trinajstić information content (AvgIpc) is 2.67. The molecule has 11 heteroatoms. The van der Waals surface area contributed by atoms with Gasteiger partial charge < -0.3 is 9.84 Å². The van der Waals surface area contributed by atoms with Gasteiger partial charge in [0, 0.05) is 12.3 Å². The molecular formula is C10H13FN2O6PS+. The number of H-pyrrole nitrogens is 1. The molecule has 116 valence electrons. The molecule has 0 aromatic carbocycles. The summed E-state index contributed by atoms with van der Waals surface area (Å²) in [7, 11) is -2.42. The predicted molar refractivity (Wildman–Crippen MR) is 73.3 cm³/mol. The fourth-order valence-corrected chi connectivity index (χ4v) is 2.89. The van der Waals surface area contributed by atoms with Crippen LogP contribution in [-0.4, -0.2) is 39.1 Å². The number of halogens is 1. The number of aromatic nitrogens is 2. The number of nitrogens with zero attached hydrogens (tertiary/aromatic N) is 1. The van der Waals surface area contributed by atoms with Crippen molar-refractivity contribution in [2.45, 2.75) is 37.6 Å². The van der Waals surface area contributed by atoms with Crippen LogP contribution in [0, 0.1) is 0 Å². The van der Waals surface area contributed by atoms with Crippen LogP contribution in [0.5, 0.6) is 0 Å². The fourth-order valence-electron chi connectivity index (χ4n) is 2.11. The van der Waals surface area contributed by atoms with Crippen molar-refractivity contribution < 1.29 is 23.3 Å². The van der Waals surface area contributed by atoms with Gasteiger partial charge in [-0.05, 0) is 11.5 Å². The van der Waals surface area contributed by atoms with Gasteiger partial charge in [0.05, 0.1) is 6.10 Å². The van der Waals surface area contributed by atoms with Crippen LogP contribution in [0.1, 0.15) is 13.2 Å². The second-order valence-electron chi connectivity index (χ2n) is 4.50. The van der Waals surface area contributed by atoms with Gasteiger partial charge in [0.1, 0.15) is 18.4 Å². The minimum absolute atomic E-state index is 0.636. The zero-order valence-electron chi connectivity index (χ0n) is 10.7. The highest BCUT2D eigenvalue weighted by Crippen LogP contribution is 2.40. The summed E-state index contributed by atoms with van der Waals surface area (Å²) in [6, 6.07) is 1.03. The lowest BCUT2D eigenvalue weighted by Gasteiger charge is -2.17. The Labute approximate surface area is 123 Å². The Morgan fingerprint density at radius 2 is 2.29 bits per heavy atom. The summed E-state index contributed by atoms with van der Waals surface area (Å²) in [6.07, 6.45) is -5.83. The lowest BCUT2D eigenvalue weighted by molar-refractivity contribution is -0.0747. The van der Waals surface area contributed by atoms with E-state index >= 15 is 0 Å². The van der Waals surface area contributed by atoms with Gasteiger partial charge >= 0.3 is 12.9 Å². The molecular weight excluding hydrogens is 326 g/mol. The molecule has 21 heavy (non-hydrogen) atoms. The summed E-state index contributed by atoms with van der Waals surface area (Å²) in [5, 5.41) is 9.59. The first-order valence-electron chi connectivity index (χ1n) is 5.93. The molecule has 3 unspecified atom stereocenters. The topological polar surface area (TPSA) is 111 Å². The van der Waals surface area contributed by atoms with Crippen molar-refractivity contribution in [2.75, 3.05) is 0 Å². The molecule has 1 fully saturated rings. The molecule has 2 rings (SSSR count). The number of alkyl halides is 1. The number of aromatic amines is 1. The minimum Gasteiger partial charge on any atom is -0.391 e. The fraction of sp³-hybridized carbons (Fsp3) is 0.600. The summed E-state index contributed by atoms with van der Waals surface area (Å²) >= 11 is 3.54. The Morgan fingerprint density at radius 1 is 1.62 bits per heavy atom. The first-order chi connectivity index (χ1) is 9.81. The van der Waals surface area contributed by atoms with Crippen molar-refractivity contribution in [3.05, 3.63) is 33.1 Å². The van der Waals surface area contributed by atoms with E-state index < -0.39 is 49.2 Å². The molecule has 1 saturated heterocycles. The van der Waals surface area contributed by atoms with Crippen molar-refractivity contribution in [3.63, 3.8) is 0 Å². The Balaban J connectivity index is 2.35. The highest BCUT2D eigenvalue weighted by molar-refractivity contribution is 8.39. The molecule has 2 N–H and O–H groups in total. The monoisotopic (exact) mass is 339 g/mol. The lowest BCUT2D eigenvalue weighted by Crippen LogP contribution is -2.37. The summed E-state index contributed by atoms with van der Waals surface area (Å²) in [5.74, 6) is 0. The summed E-state index contributed by atoms with van der Waals surface area (Å²) in [6.45, 7) is 1.34. The zero-order valence-corrected chi connectivity index (χ0v) is 12.5. The first-order valence-corrected chi connectivity index (χ1v) is 8.26. The molecule has 1 aliphatic heterocycles. The number of hydrogen-bond donors (Lipinski definition) is 3. The second kappa shape index (κ2) is 6.37. The van der Waals surface area contributed by atoms with Crippen molar-refractivity contribution in [1.29, 1.82) is 0 Å². The molecule has 1 aromatic rings. The molecule has 0 spiro atoms. The van der Waals surface area contributed by atoms with Gasteiger partial charge in [-0.25, -0.2) is 9.18 Å². The van der Waals surface area contributed by atoms with E-state index in [4.69, 9.17) is 9.26 Å². The van der Waals surface area contributed by atoms with Gasteiger partial charge in [0.25, 0.3) is 5.56 Å². The number of hydrogen-bond acceptors (Lipinski definition) is 6. The van der Waals surface area contributed by atoms with Gasteiger partial charge in [-0.15, -0.1) is 4.52 Å². The van der Waals surface area contributed by atoms with Crippen LogP contribution in [0.25, 0.3) is 0 Å². The Hall–Kier alpha value is -1.06. The third-order valence-corrected chi connectivity index (χ3v) is 3.73. The van der Waals surface area contributed by atoms with E-state index in [1.165, 1.54) is 6.92 Å². The molecule has 0 aliphatic carbocycles. The smallest absolute Gasteiger partial charge is 0.391 e. The van der Waals surface area contributed by atoms with E-state index in [0.717, 1.165) is 16.8 Å². The maximum Gasteiger partial charge on any atom is 0.582 e. The third-order valence-electron chi connectivity index (χ3n) is 3.02. The van der Waals surface area contributed by atoms with E-state index in [-0.39, 0.29) is 0 Å². The van der Waals surface area contributed by atoms with E-state index in [2.05, 4.69) is 12.2 Å².